The second-order valence-corrected chi connectivity index (χ2v) is 8.28. The van der Waals surface area contributed by atoms with E-state index in [0.717, 1.165) is 24.8 Å². The number of unbranched alkanes of at least 4 members (excludes halogenated alkanes) is 2. The molecule has 1 amide bonds. The van der Waals surface area contributed by atoms with Crippen molar-refractivity contribution in [1.82, 2.24) is 9.88 Å². The lowest BCUT2D eigenvalue weighted by atomic mass is 9.95. The highest BCUT2D eigenvalue weighted by Crippen LogP contribution is 2.41. The number of Topliss-reactive ketones (excluding diaryl/α,β-unsaturated/α-hetero) is 1. The maximum Gasteiger partial charge on any atom is 0.295 e. The van der Waals surface area contributed by atoms with Gasteiger partial charge in [0.2, 0.25) is 0 Å². The summed E-state index contributed by atoms with van der Waals surface area (Å²) in [5.41, 5.74) is 2.05. The fourth-order valence-corrected chi connectivity index (χ4v) is 4.15. The van der Waals surface area contributed by atoms with E-state index in [-0.39, 0.29) is 17.9 Å². The van der Waals surface area contributed by atoms with Crippen LogP contribution in [0.15, 0.2) is 84.7 Å². The molecule has 1 atom stereocenters. The number of ether oxygens (including phenoxy) is 1. The number of carbonyl (C=O) groups excluding carboxylic acids is 2. The van der Waals surface area contributed by atoms with Gasteiger partial charge >= 0.3 is 0 Å². The van der Waals surface area contributed by atoms with Crippen LogP contribution in [0.4, 0.5) is 0 Å². The first kappa shape index (κ1) is 23.2. The van der Waals surface area contributed by atoms with Crippen molar-refractivity contribution < 1.29 is 19.4 Å². The first-order valence-electron chi connectivity index (χ1n) is 11.6. The molecule has 6 heteroatoms. The van der Waals surface area contributed by atoms with Crippen LogP contribution in [0.25, 0.3) is 5.76 Å². The van der Waals surface area contributed by atoms with E-state index in [4.69, 9.17) is 4.74 Å². The Morgan fingerprint density at radius 2 is 1.85 bits per heavy atom. The number of amides is 1. The third kappa shape index (κ3) is 5.01. The van der Waals surface area contributed by atoms with Gasteiger partial charge in [0, 0.05) is 24.5 Å². The Morgan fingerprint density at radius 1 is 1.03 bits per heavy atom. The van der Waals surface area contributed by atoms with Gasteiger partial charge in [0.1, 0.15) is 11.5 Å². The van der Waals surface area contributed by atoms with Crippen molar-refractivity contribution in [2.24, 2.45) is 0 Å². The second kappa shape index (κ2) is 10.8. The summed E-state index contributed by atoms with van der Waals surface area (Å²) in [6.45, 7) is 2.92. The lowest BCUT2D eigenvalue weighted by molar-refractivity contribution is -0.140. The molecule has 4 rings (SSSR count). The van der Waals surface area contributed by atoms with Crippen LogP contribution in [0.2, 0.25) is 0 Å². The van der Waals surface area contributed by atoms with Crippen molar-refractivity contribution in [2.45, 2.75) is 38.8 Å². The van der Waals surface area contributed by atoms with Gasteiger partial charge in [0.25, 0.3) is 11.7 Å². The number of ketones is 1. The number of aliphatic hydroxyl groups is 1. The average Bonchev–Trinajstić information content (AvgIpc) is 3.12. The van der Waals surface area contributed by atoms with Crippen molar-refractivity contribution in [1.29, 1.82) is 0 Å². The van der Waals surface area contributed by atoms with E-state index in [1.54, 1.807) is 42.7 Å². The molecular weight excluding hydrogens is 428 g/mol. The van der Waals surface area contributed by atoms with E-state index in [2.05, 4.69) is 11.9 Å². The molecule has 1 aliphatic heterocycles. The molecule has 1 saturated heterocycles. The van der Waals surface area contributed by atoms with Crippen LogP contribution in [0, 0.1) is 0 Å². The predicted octanol–water partition coefficient (Wildman–Crippen LogP) is 5.27. The minimum absolute atomic E-state index is 0.0724. The Bertz CT molecular complexity index is 1180. The van der Waals surface area contributed by atoms with Crippen molar-refractivity contribution >= 4 is 17.4 Å². The standard InChI is InChI=1S/C28H28N2O4/c1-2-3-7-16-34-23-14-8-13-22(17-23)25-24(26(31)21-11-5-4-6-12-21)27(32)28(33)30(25)19-20-10-9-15-29-18-20/h4-6,8-15,17-18,25,31H,2-3,7,16,19H2,1H3. The van der Waals surface area contributed by atoms with Crippen molar-refractivity contribution in [2.75, 3.05) is 6.61 Å². The van der Waals surface area contributed by atoms with Gasteiger partial charge in [-0.15, -0.1) is 0 Å². The van der Waals surface area contributed by atoms with Gasteiger partial charge in [-0.25, -0.2) is 0 Å². The van der Waals surface area contributed by atoms with Gasteiger partial charge in [-0.3, -0.25) is 14.6 Å². The number of rotatable bonds is 9. The number of pyridine rings is 1. The summed E-state index contributed by atoms with van der Waals surface area (Å²) in [6.07, 6.45) is 6.47. The van der Waals surface area contributed by atoms with E-state index >= 15 is 0 Å². The molecule has 2 aromatic carbocycles. The van der Waals surface area contributed by atoms with Gasteiger partial charge in [-0.1, -0.05) is 68.3 Å². The van der Waals surface area contributed by atoms with E-state index in [9.17, 15) is 14.7 Å². The molecule has 1 aliphatic rings. The van der Waals surface area contributed by atoms with Crippen molar-refractivity contribution in [3.63, 3.8) is 0 Å². The molecule has 0 aliphatic carbocycles. The second-order valence-electron chi connectivity index (χ2n) is 8.28. The molecule has 3 aromatic rings. The molecule has 0 spiro atoms. The molecule has 1 fully saturated rings. The fraction of sp³-hybridized carbons (Fsp3) is 0.250. The van der Waals surface area contributed by atoms with Gasteiger partial charge < -0.3 is 14.7 Å². The van der Waals surface area contributed by atoms with E-state index in [1.165, 1.54) is 4.90 Å². The topological polar surface area (TPSA) is 79.7 Å². The Kier molecular flexibility index (Phi) is 7.38. The van der Waals surface area contributed by atoms with Crippen LogP contribution >= 0.6 is 0 Å². The fourth-order valence-electron chi connectivity index (χ4n) is 4.15. The summed E-state index contributed by atoms with van der Waals surface area (Å²) in [7, 11) is 0. The molecule has 0 radical (unpaired) electrons. The highest BCUT2D eigenvalue weighted by Gasteiger charge is 2.46. The Morgan fingerprint density at radius 3 is 2.59 bits per heavy atom. The highest BCUT2D eigenvalue weighted by molar-refractivity contribution is 6.46. The summed E-state index contributed by atoms with van der Waals surface area (Å²) in [5, 5.41) is 11.1. The number of nitrogens with zero attached hydrogens (tertiary/aromatic N) is 2. The minimum atomic E-state index is -0.750. The molecule has 6 nitrogen and oxygen atoms in total. The third-order valence-electron chi connectivity index (χ3n) is 5.85. The van der Waals surface area contributed by atoms with Crippen LogP contribution in [0.5, 0.6) is 5.75 Å². The maximum atomic E-state index is 13.2. The summed E-state index contributed by atoms with van der Waals surface area (Å²) in [5.74, 6) is -0.878. The number of hydrogen-bond donors (Lipinski definition) is 1. The summed E-state index contributed by atoms with van der Waals surface area (Å²) in [6, 6.07) is 19.1. The number of benzene rings is 2. The van der Waals surface area contributed by atoms with Gasteiger partial charge in [-0.05, 0) is 35.7 Å². The Labute approximate surface area is 199 Å². The zero-order valence-electron chi connectivity index (χ0n) is 19.2. The first-order valence-corrected chi connectivity index (χ1v) is 11.6. The number of carbonyl (C=O) groups is 2. The van der Waals surface area contributed by atoms with Crippen LogP contribution < -0.4 is 4.74 Å². The lowest BCUT2D eigenvalue weighted by Gasteiger charge is -2.25. The van der Waals surface area contributed by atoms with Crippen LogP contribution in [-0.2, 0) is 16.1 Å². The Hall–Kier alpha value is -3.93. The smallest absolute Gasteiger partial charge is 0.295 e. The Balaban J connectivity index is 1.76. The van der Waals surface area contributed by atoms with Crippen molar-refractivity contribution in [3.8, 4) is 5.75 Å². The molecule has 1 unspecified atom stereocenters. The zero-order valence-corrected chi connectivity index (χ0v) is 19.2. The van der Waals surface area contributed by atoms with Crippen LogP contribution in [0.3, 0.4) is 0 Å². The third-order valence-corrected chi connectivity index (χ3v) is 5.85. The monoisotopic (exact) mass is 456 g/mol. The largest absolute Gasteiger partial charge is 0.507 e. The number of aromatic nitrogens is 1. The quantitative estimate of drug-likeness (QED) is 0.205. The number of aliphatic hydroxyl groups excluding tert-OH is 1. The molecule has 0 bridgehead atoms. The summed E-state index contributed by atoms with van der Waals surface area (Å²) >= 11 is 0. The number of hydrogen-bond acceptors (Lipinski definition) is 5. The van der Waals surface area contributed by atoms with Crippen molar-refractivity contribution in [3.05, 3.63) is 101 Å². The lowest BCUT2D eigenvalue weighted by Crippen LogP contribution is -2.29. The summed E-state index contributed by atoms with van der Waals surface area (Å²) in [4.78, 5) is 31.9. The van der Waals surface area contributed by atoms with Gasteiger partial charge in [0.15, 0.2) is 0 Å². The SMILES string of the molecule is CCCCCOc1cccc(C2C(=C(O)c3ccccc3)C(=O)C(=O)N2Cc2cccnc2)c1. The average molecular weight is 457 g/mol. The molecule has 174 valence electrons. The number of likely N-dealkylation sites (tertiary alicyclic amines) is 1. The predicted molar refractivity (Wildman–Crippen MR) is 130 cm³/mol. The first-order chi connectivity index (χ1) is 16.6. The normalized spacial score (nSPS) is 17.2. The minimum Gasteiger partial charge on any atom is -0.507 e. The van der Waals surface area contributed by atoms with Crippen LogP contribution in [0.1, 0.15) is 48.9 Å². The molecule has 34 heavy (non-hydrogen) atoms. The highest BCUT2D eigenvalue weighted by atomic mass is 16.5. The van der Waals surface area contributed by atoms with E-state index in [1.807, 2.05) is 36.4 Å². The van der Waals surface area contributed by atoms with Gasteiger partial charge in [0.05, 0.1) is 18.2 Å². The molecule has 2 heterocycles. The molecule has 1 N–H and O–H groups in total. The van der Waals surface area contributed by atoms with E-state index in [0.29, 0.717) is 23.5 Å². The molecule has 1 aromatic heterocycles. The molecular formula is C28H28N2O4. The van der Waals surface area contributed by atoms with Crippen LogP contribution in [-0.4, -0.2) is 33.3 Å². The van der Waals surface area contributed by atoms with Gasteiger partial charge in [-0.2, -0.15) is 0 Å². The zero-order chi connectivity index (χ0) is 23.9. The maximum absolute atomic E-state index is 13.2. The van der Waals surface area contributed by atoms with E-state index < -0.39 is 17.7 Å². The molecule has 0 saturated carbocycles. The summed E-state index contributed by atoms with van der Waals surface area (Å²) < 4.78 is 5.92.